The van der Waals surface area contributed by atoms with Gasteiger partial charge in [-0.1, -0.05) is 0 Å². The molecule has 1 rings (SSSR count). The predicted octanol–water partition coefficient (Wildman–Crippen LogP) is 0.954. The molecule has 1 fully saturated rings. The van der Waals surface area contributed by atoms with Crippen molar-refractivity contribution in [3.05, 3.63) is 0 Å². The van der Waals surface area contributed by atoms with Crippen molar-refractivity contribution in [3.63, 3.8) is 0 Å². The summed E-state index contributed by atoms with van der Waals surface area (Å²) in [6, 6.07) is 0. The van der Waals surface area contributed by atoms with Crippen LogP contribution in [0.2, 0.25) is 0 Å². The number of rotatable bonds is 7. The topological polar surface area (TPSA) is 24.5 Å². The molecule has 1 unspecified atom stereocenters. The molecule has 1 aliphatic rings. The summed E-state index contributed by atoms with van der Waals surface area (Å²) in [5, 5.41) is 3.41. The summed E-state index contributed by atoms with van der Waals surface area (Å²) in [6.45, 7) is 5.58. The van der Waals surface area contributed by atoms with E-state index in [0.29, 0.717) is 0 Å². The monoisotopic (exact) mass is 200 g/mol. The maximum atomic E-state index is 5.04. The second-order valence-electron chi connectivity index (χ2n) is 4.30. The van der Waals surface area contributed by atoms with Gasteiger partial charge < -0.3 is 15.0 Å². The Morgan fingerprint density at radius 2 is 2.29 bits per heavy atom. The van der Waals surface area contributed by atoms with E-state index in [1.807, 2.05) is 0 Å². The first-order valence-corrected chi connectivity index (χ1v) is 5.71. The van der Waals surface area contributed by atoms with Crippen molar-refractivity contribution >= 4 is 0 Å². The molecule has 84 valence electrons. The van der Waals surface area contributed by atoms with Crippen molar-refractivity contribution < 1.29 is 4.74 Å². The Kier molecular flexibility index (Phi) is 6.15. The van der Waals surface area contributed by atoms with Gasteiger partial charge in [0.1, 0.15) is 0 Å². The third-order valence-electron chi connectivity index (χ3n) is 2.99. The van der Waals surface area contributed by atoms with E-state index < -0.39 is 0 Å². The van der Waals surface area contributed by atoms with Gasteiger partial charge in [0, 0.05) is 13.7 Å². The Labute approximate surface area is 87.8 Å². The third kappa shape index (κ3) is 4.94. The molecule has 0 radical (unpaired) electrons. The Bertz CT molecular complexity index is 135. The molecule has 1 heterocycles. The number of methoxy groups -OCH3 is 1. The van der Waals surface area contributed by atoms with Crippen LogP contribution in [0.4, 0.5) is 0 Å². The molecule has 1 N–H and O–H groups in total. The van der Waals surface area contributed by atoms with Gasteiger partial charge in [-0.15, -0.1) is 0 Å². The van der Waals surface area contributed by atoms with E-state index in [4.69, 9.17) is 4.74 Å². The van der Waals surface area contributed by atoms with Crippen LogP contribution in [-0.4, -0.2) is 51.8 Å². The average Bonchev–Trinajstić information content (AvgIpc) is 2.67. The van der Waals surface area contributed by atoms with Gasteiger partial charge in [-0.25, -0.2) is 0 Å². The normalized spacial score (nSPS) is 22.1. The summed E-state index contributed by atoms with van der Waals surface area (Å²) in [7, 11) is 3.93. The van der Waals surface area contributed by atoms with Gasteiger partial charge in [0.25, 0.3) is 0 Å². The van der Waals surface area contributed by atoms with Crippen molar-refractivity contribution in [2.75, 3.05) is 46.9 Å². The first-order valence-electron chi connectivity index (χ1n) is 5.71. The van der Waals surface area contributed by atoms with Gasteiger partial charge in [-0.05, 0) is 51.9 Å². The van der Waals surface area contributed by atoms with Crippen LogP contribution in [0.3, 0.4) is 0 Å². The molecule has 3 nitrogen and oxygen atoms in total. The van der Waals surface area contributed by atoms with Gasteiger partial charge in [0.15, 0.2) is 0 Å². The van der Waals surface area contributed by atoms with Crippen LogP contribution < -0.4 is 5.32 Å². The zero-order valence-electron chi connectivity index (χ0n) is 9.59. The lowest BCUT2D eigenvalue weighted by molar-refractivity contribution is 0.159. The molecule has 0 aromatic heterocycles. The Morgan fingerprint density at radius 3 is 2.93 bits per heavy atom. The zero-order valence-corrected chi connectivity index (χ0v) is 9.59. The lowest BCUT2D eigenvalue weighted by Gasteiger charge is -2.16. The molecule has 0 aliphatic carbocycles. The highest BCUT2D eigenvalue weighted by atomic mass is 16.5. The molecular formula is C11H24N2O. The minimum Gasteiger partial charge on any atom is -0.383 e. The molecule has 0 bridgehead atoms. The van der Waals surface area contributed by atoms with Gasteiger partial charge >= 0.3 is 0 Å². The summed E-state index contributed by atoms with van der Waals surface area (Å²) in [4.78, 5) is 2.35. The number of nitrogens with zero attached hydrogens (tertiary/aromatic N) is 1. The Morgan fingerprint density at radius 1 is 1.43 bits per heavy atom. The summed E-state index contributed by atoms with van der Waals surface area (Å²) in [5.74, 6) is 0.936. The van der Waals surface area contributed by atoms with Crippen molar-refractivity contribution in [2.45, 2.75) is 19.3 Å². The maximum Gasteiger partial charge on any atom is 0.0589 e. The lowest BCUT2D eigenvalue weighted by atomic mass is 10.0. The minimum absolute atomic E-state index is 0.849. The molecular weight excluding hydrogens is 176 g/mol. The molecule has 0 spiro atoms. The van der Waals surface area contributed by atoms with E-state index in [1.54, 1.807) is 7.11 Å². The minimum atomic E-state index is 0.849. The van der Waals surface area contributed by atoms with Crippen LogP contribution in [0.15, 0.2) is 0 Å². The number of hydrogen-bond acceptors (Lipinski definition) is 3. The van der Waals surface area contributed by atoms with E-state index >= 15 is 0 Å². The summed E-state index contributed by atoms with van der Waals surface area (Å²) < 4.78 is 5.04. The van der Waals surface area contributed by atoms with Crippen LogP contribution in [-0.2, 0) is 4.74 Å². The number of ether oxygens (including phenoxy) is 1. The SMILES string of the molecule is COCCN(C)CCCC1CCNC1. The second-order valence-corrected chi connectivity index (χ2v) is 4.30. The molecule has 14 heavy (non-hydrogen) atoms. The van der Waals surface area contributed by atoms with Gasteiger partial charge in [-0.2, -0.15) is 0 Å². The maximum absolute atomic E-state index is 5.04. The first-order chi connectivity index (χ1) is 6.83. The summed E-state index contributed by atoms with van der Waals surface area (Å²) in [6.07, 6.45) is 4.08. The fourth-order valence-corrected chi connectivity index (χ4v) is 1.97. The summed E-state index contributed by atoms with van der Waals surface area (Å²) in [5.41, 5.74) is 0. The second kappa shape index (κ2) is 7.21. The summed E-state index contributed by atoms with van der Waals surface area (Å²) >= 11 is 0. The smallest absolute Gasteiger partial charge is 0.0589 e. The predicted molar refractivity (Wildman–Crippen MR) is 59.6 cm³/mol. The van der Waals surface area contributed by atoms with E-state index in [2.05, 4.69) is 17.3 Å². The van der Waals surface area contributed by atoms with E-state index in [-0.39, 0.29) is 0 Å². The zero-order chi connectivity index (χ0) is 10.2. The molecule has 0 amide bonds. The standard InChI is InChI=1S/C11H24N2O/c1-13(8-9-14-2)7-3-4-11-5-6-12-10-11/h11-12H,3-10H2,1-2H3. The first kappa shape index (κ1) is 12.0. The molecule has 3 heteroatoms. The van der Waals surface area contributed by atoms with E-state index in [1.165, 1.54) is 38.9 Å². The largest absolute Gasteiger partial charge is 0.383 e. The van der Waals surface area contributed by atoms with Crippen LogP contribution in [0, 0.1) is 5.92 Å². The molecule has 0 saturated carbocycles. The van der Waals surface area contributed by atoms with Crippen LogP contribution in [0.25, 0.3) is 0 Å². The highest BCUT2D eigenvalue weighted by Gasteiger charge is 2.13. The Hall–Kier alpha value is -0.120. The van der Waals surface area contributed by atoms with Gasteiger partial charge in [0.2, 0.25) is 0 Å². The molecule has 1 atom stereocenters. The number of nitrogens with one attached hydrogen (secondary N) is 1. The highest BCUT2D eigenvalue weighted by molar-refractivity contribution is 4.71. The van der Waals surface area contributed by atoms with Crippen molar-refractivity contribution in [1.29, 1.82) is 0 Å². The average molecular weight is 200 g/mol. The molecule has 0 aromatic carbocycles. The van der Waals surface area contributed by atoms with Crippen LogP contribution >= 0.6 is 0 Å². The fraction of sp³-hybridized carbons (Fsp3) is 1.00. The highest BCUT2D eigenvalue weighted by Crippen LogP contribution is 2.14. The van der Waals surface area contributed by atoms with Crippen molar-refractivity contribution in [3.8, 4) is 0 Å². The van der Waals surface area contributed by atoms with Gasteiger partial charge in [-0.3, -0.25) is 0 Å². The number of likely N-dealkylation sites (N-methyl/N-ethyl adjacent to an activating group) is 1. The molecule has 0 aromatic rings. The molecule has 1 saturated heterocycles. The van der Waals surface area contributed by atoms with Crippen molar-refractivity contribution in [2.24, 2.45) is 5.92 Å². The fourth-order valence-electron chi connectivity index (χ4n) is 1.97. The quantitative estimate of drug-likeness (QED) is 0.662. The Balaban J connectivity index is 1.91. The van der Waals surface area contributed by atoms with E-state index in [9.17, 15) is 0 Å². The lowest BCUT2D eigenvalue weighted by Crippen LogP contribution is -2.24. The molecule has 1 aliphatic heterocycles. The van der Waals surface area contributed by atoms with E-state index in [0.717, 1.165) is 19.1 Å². The van der Waals surface area contributed by atoms with Gasteiger partial charge in [0.05, 0.1) is 6.61 Å². The number of hydrogen-bond donors (Lipinski definition) is 1. The van der Waals surface area contributed by atoms with Crippen molar-refractivity contribution in [1.82, 2.24) is 10.2 Å². The third-order valence-corrected chi connectivity index (χ3v) is 2.99. The van der Waals surface area contributed by atoms with Crippen LogP contribution in [0.5, 0.6) is 0 Å². The van der Waals surface area contributed by atoms with Crippen LogP contribution in [0.1, 0.15) is 19.3 Å².